The van der Waals surface area contributed by atoms with Gasteiger partial charge in [-0.2, -0.15) is 5.10 Å². The first kappa shape index (κ1) is 16.6. The monoisotopic (exact) mass is 359 g/mol. The lowest BCUT2D eigenvalue weighted by atomic mass is 10.2. The van der Waals surface area contributed by atoms with Crippen molar-refractivity contribution in [3.63, 3.8) is 0 Å². The van der Waals surface area contributed by atoms with Crippen molar-refractivity contribution < 1.29 is 4.39 Å². The van der Waals surface area contributed by atoms with Crippen LogP contribution in [0.15, 0.2) is 36.0 Å². The molecule has 0 saturated carbocycles. The number of fused-ring (bicyclic) bond motifs is 1. The highest BCUT2D eigenvalue weighted by molar-refractivity contribution is 7.09. The zero-order valence-corrected chi connectivity index (χ0v) is 15.0. The molecule has 0 radical (unpaired) electrons. The first-order valence-corrected chi connectivity index (χ1v) is 9.48. The van der Waals surface area contributed by atoms with Gasteiger partial charge in [0.25, 0.3) is 0 Å². The molecule has 0 bridgehead atoms. The van der Waals surface area contributed by atoms with Crippen molar-refractivity contribution in [2.45, 2.75) is 38.6 Å². The number of hydrogen-bond acceptors (Lipinski definition) is 5. The minimum Gasteiger partial charge on any atom is -0.311 e. The van der Waals surface area contributed by atoms with Gasteiger partial charge in [0.1, 0.15) is 6.17 Å². The van der Waals surface area contributed by atoms with Crippen LogP contribution in [0, 0.1) is 6.92 Å². The number of hydrogen-bond donors (Lipinski definition) is 1. The van der Waals surface area contributed by atoms with Gasteiger partial charge in [-0.3, -0.25) is 4.90 Å². The average molecular weight is 359 g/mol. The second-order valence-electron chi connectivity index (χ2n) is 6.61. The van der Waals surface area contributed by atoms with Gasteiger partial charge >= 0.3 is 0 Å². The lowest BCUT2D eigenvalue weighted by Crippen LogP contribution is -2.37. The van der Waals surface area contributed by atoms with Gasteiger partial charge in [-0.15, -0.1) is 11.3 Å². The van der Waals surface area contributed by atoms with E-state index in [0.29, 0.717) is 13.0 Å². The average Bonchev–Trinajstić information content (AvgIpc) is 3.28. The highest BCUT2D eigenvalue weighted by atomic mass is 32.1. The van der Waals surface area contributed by atoms with Crippen LogP contribution in [0.3, 0.4) is 0 Å². The number of aromatic nitrogens is 3. The van der Waals surface area contributed by atoms with E-state index in [1.54, 1.807) is 11.3 Å². The van der Waals surface area contributed by atoms with E-state index in [2.05, 4.69) is 31.7 Å². The van der Waals surface area contributed by atoms with Crippen LogP contribution in [0.25, 0.3) is 5.52 Å². The molecule has 3 aromatic rings. The van der Waals surface area contributed by atoms with Gasteiger partial charge in [0.2, 0.25) is 0 Å². The first-order valence-electron chi connectivity index (χ1n) is 8.60. The van der Waals surface area contributed by atoms with Crippen molar-refractivity contribution in [2.24, 2.45) is 0 Å². The summed E-state index contributed by atoms with van der Waals surface area (Å²) in [5.41, 5.74) is 3.32. The third-order valence-electron chi connectivity index (χ3n) is 4.71. The Morgan fingerprint density at radius 3 is 3.16 bits per heavy atom. The molecule has 1 saturated heterocycles. The SMILES string of the molecule is Cc1nc(CN2C[C@@H](F)C[C@H]2CNCc2cnn3ccccc23)cs1. The van der Waals surface area contributed by atoms with Crippen LogP contribution in [0.5, 0.6) is 0 Å². The summed E-state index contributed by atoms with van der Waals surface area (Å²) in [5.74, 6) is 0. The quantitative estimate of drug-likeness (QED) is 0.735. The van der Waals surface area contributed by atoms with Gasteiger partial charge in [0.05, 0.1) is 22.4 Å². The van der Waals surface area contributed by atoms with Crippen LogP contribution in [0.2, 0.25) is 0 Å². The Hall–Kier alpha value is -1.83. The Labute approximate surface area is 150 Å². The minimum absolute atomic E-state index is 0.207. The fraction of sp³-hybridized carbons (Fsp3) is 0.444. The molecule has 7 heteroatoms. The normalized spacial score (nSPS) is 21.4. The molecule has 1 aliphatic rings. The van der Waals surface area contributed by atoms with E-state index in [1.165, 1.54) is 0 Å². The van der Waals surface area contributed by atoms with Crippen LogP contribution in [0.1, 0.15) is 22.7 Å². The van der Waals surface area contributed by atoms with Gasteiger partial charge < -0.3 is 5.32 Å². The smallest absolute Gasteiger partial charge is 0.114 e. The molecule has 0 unspecified atom stereocenters. The van der Waals surface area contributed by atoms with Gasteiger partial charge in [-0.1, -0.05) is 6.07 Å². The zero-order chi connectivity index (χ0) is 17.2. The van der Waals surface area contributed by atoms with Gasteiger partial charge in [-0.05, 0) is 25.5 Å². The van der Waals surface area contributed by atoms with Crippen molar-refractivity contribution in [3.05, 3.63) is 52.2 Å². The molecule has 132 valence electrons. The zero-order valence-electron chi connectivity index (χ0n) is 14.2. The molecule has 0 amide bonds. The van der Waals surface area contributed by atoms with Crippen LogP contribution in [-0.2, 0) is 13.1 Å². The van der Waals surface area contributed by atoms with Crippen LogP contribution in [-0.4, -0.2) is 44.8 Å². The lowest BCUT2D eigenvalue weighted by molar-refractivity contribution is 0.228. The third-order valence-corrected chi connectivity index (χ3v) is 5.53. The Bertz CT molecular complexity index is 845. The summed E-state index contributed by atoms with van der Waals surface area (Å²) >= 11 is 1.65. The second kappa shape index (κ2) is 7.19. The van der Waals surface area contributed by atoms with E-state index in [4.69, 9.17) is 0 Å². The highest BCUT2D eigenvalue weighted by Crippen LogP contribution is 2.23. The molecule has 2 atom stereocenters. The fourth-order valence-electron chi connectivity index (χ4n) is 3.51. The predicted octanol–water partition coefficient (Wildman–Crippen LogP) is 2.80. The standard InChI is InChI=1S/C18H22FN5S/c1-13-22-16(12-25-13)11-23-10-15(19)6-17(23)9-20-7-14-8-21-24-5-3-2-4-18(14)24/h2-5,8,12,15,17,20H,6-7,9-11H2,1H3/t15-,17-/m0/s1. The van der Waals surface area contributed by atoms with Gasteiger partial charge in [-0.25, -0.2) is 13.9 Å². The van der Waals surface area contributed by atoms with Gasteiger partial charge in [0, 0.05) is 49.4 Å². The number of pyridine rings is 1. The third kappa shape index (κ3) is 3.73. The van der Waals surface area contributed by atoms with E-state index in [9.17, 15) is 4.39 Å². The molecule has 0 spiro atoms. The van der Waals surface area contributed by atoms with Crippen molar-refractivity contribution >= 4 is 16.9 Å². The summed E-state index contributed by atoms with van der Waals surface area (Å²) in [4.78, 5) is 6.72. The molecule has 1 fully saturated rings. The molecule has 0 aliphatic carbocycles. The van der Waals surface area contributed by atoms with Crippen molar-refractivity contribution in [1.82, 2.24) is 24.8 Å². The van der Waals surface area contributed by atoms with Crippen molar-refractivity contribution in [1.29, 1.82) is 0 Å². The number of aryl methyl sites for hydroxylation is 1. The van der Waals surface area contributed by atoms with Crippen molar-refractivity contribution in [2.75, 3.05) is 13.1 Å². The summed E-state index contributed by atoms with van der Waals surface area (Å²) in [6, 6.07) is 6.25. The maximum atomic E-state index is 13.9. The molecule has 1 aliphatic heterocycles. The molecule has 3 aromatic heterocycles. The van der Waals surface area contributed by atoms with Crippen molar-refractivity contribution in [3.8, 4) is 0 Å². The molecule has 25 heavy (non-hydrogen) atoms. The molecule has 4 heterocycles. The summed E-state index contributed by atoms with van der Waals surface area (Å²) in [7, 11) is 0. The Morgan fingerprint density at radius 1 is 1.40 bits per heavy atom. The molecular weight excluding hydrogens is 337 g/mol. The molecule has 0 aromatic carbocycles. The van der Waals surface area contributed by atoms with E-state index in [0.717, 1.165) is 41.4 Å². The predicted molar refractivity (Wildman–Crippen MR) is 97.5 cm³/mol. The summed E-state index contributed by atoms with van der Waals surface area (Å²) < 4.78 is 15.8. The number of rotatable bonds is 6. The molecule has 4 rings (SSSR count). The highest BCUT2D eigenvalue weighted by Gasteiger charge is 2.32. The summed E-state index contributed by atoms with van der Waals surface area (Å²) in [5, 5.41) is 11.0. The fourth-order valence-corrected chi connectivity index (χ4v) is 4.12. The molecule has 1 N–H and O–H groups in total. The second-order valence-corrected chi connectivity index (χ2v) is 7.67. The Kier molecular flexibility index (Phi) is 4.78. The topological polar surface area (TPSA) is 45.5 Å². The van der Waals surface area contributed by atoms with Gasteiger partial charge in [0.15, 0.2) is 0 Å². The lowest BCUT2D eigenvalue weighted by Gasteiger charge is -2.23. The summed E-state index contributed by atoms with van der Waals surface area (Å²) in [6.45, 7) is 4.75. The molecule has 5 nitrogen and oxygen atoms in total. The first-order chi connectivity index (χ1) is 12.2. The summed E-state index contributed by atoms with van der Waals surface area (Å²) in [6.07, 6.45) is 3.68. The number of nitrogens with one attached hydrogen (secondary N) is 1. The van der Waals surface area contributed by atoms with E-state index < -0.39 is 6.17 Å². The minimum atomic E-state index is -0.747. The number of nitrogens with zero attached hydrogens (tertiary/aromatic N) is 4. The largest absolute Gasteiger partial charge is 0.311 e. The maximum absolute atomic E-state index is 13.9. The number of alkyl halides is 1. The number of likely N-dealkylation sites (tertiary alicyclic amines) is 1. The number of halogens is 1. The van der Waals surface area contributed by atoms with E-state index in [-0.39, 0.29) is 6.04 Å². The maximum Gasteiger partial charge on any atom is 0.114 e. The van der Waals surface area contributed by atoms with Crippen LogP contribution >= 0.6 is 11.3 Å². The van der Waals surface area contributed by atoms with E-state index >= 15 is 0 Å². The number of thiazole rings is 1. The van der Waals surface area contributed by atoms with E-state index in [1.807, 2.05) is 36.0 Å². The Morgan fingerprint density at radius 2 is 2.32 bits per heavy atom. The van der Waals surface area contributed by atoms with Crippen LogP contribution in [0.4, 0.5) is 4.39 Å². The van der Waals surface area contributed by atoms with Crippen LogP contribution < -0.4 is 5.32 Å². The molecular formula is C18H22FN5S. The Balaban J connectivity index is 1.36.